The van der Waals surface area contributed by atoms with Gasteiger partial charge in [-0.15, -0.1) is 0 Å². The molecule has 0 aliphatic heterocycles. The first-order valence-electron chi connectivity index (χ1n) is 6.14. The minimum atomic E-state index is -2.55. The molecule has 13 heavy (non-hydrogen) atoms. The van der Waals surface area contributed by atoms with Gasteiger partial charge < -0.3 is 0 Å². The van der Waals surface area contributed by atoms with Gasteiger partial charge in [-0.25, -0.2) is 0 Å². The predicted molar refractivity (Wildman–Crippen MR) is 56.3 cm³/mol. The molecular formula is C10H9BrN2. The van der Waals surface area contributed by atoms with Gasteiger partial charge in [-0.3, -0.25) is 4.68 Å². The Labute approximate surface area is 92.4 Å². The maximum absolute atomic E-state index is 7.86. The summed E-state index contributed by atoms with van der Waals surface area (Å²) >= 11 is 3.32. The van der Waals surface area contributed by atoms with Crippen molar-refractivity contribution < 1.29 is 6.85 Å². The van der Waals surface area contributed by atoms with Gasteiger partial charge in [-0.05, 0) is 11.6 Å². The lowest BCUT2D eigenvalue weighted by Gasteiger charge is -1.98. The molecule has 0 atom stereocenters. The quantitative estimate of drug-likeness (QED) is 0.751. The fourth-order valence-electron chi connectivity index (χ4n) is 1.04. The summed E-state index contributed by atoms with van der Waals surface area (Å²) in [5.41, 5.74) is 0.793. The third-order valence-electron chi connectivity index (χ3n) is 1.62. The molecule has 0 amide bonds. The molecule has 2 rings (SSSR count). The first kappa shape index (κ1) is 4.42. The lowest BCUT2D eigenvalue weighted by Crippen LogP contribution is -1.84. The first-order chi connectivity index (χ1) is 8.32. The van der Waals surface area contributed by atoms with E-state index in [-0.39, 0.29) is 17.9 Å². The number of hydrogen-bond donors (Lipinski definition) is 0. The van der Waals surface area contributed by atoms with Crippen LogP contribution in [0.1, 0.15) is 6.85 Å². The molecule has 0 aliphatic carbocycles. The van der Waals surface area contributed by atoms with Crippen molar-refractivity contribution >= 4 is 15.9 Å². The lowest BCUT2D eigenvalue weighted by molar-refractivity contribution is 0.768. The van der Waals surface area contributed by atoms with E-state index in [4.69, 9.17) is 6.85 Å². The molecule has 0 saturated carbocycles. The molecule has 0 spiro atoms. The second-order valence-corrected chi connectivity index (χ2v) is 3.34. The van der Waals surface area contributed by atoms with Crippen molar-refractivity contribution in [2.24, 2.45) is 6.98 Å². The van der Waals surface area contributed by atoms with Gasteiger partial charge in [0, 0.05) is 27.3 Å². The number of aromatic nitrogens is 2. The van der Waals surface area contributed by atoms with Crippen molar-refractivity contribution in [3.8, 4) is 11.1 Å². The zero-order valence-corrected chi connectivity index (χ0v) is 8.17. The fraction of sp³-hybridized carbons (Fsp3) is 0.100. The van der Waals surface area contributed by atoms with E-state index in [1.54, 1.807) is 24.3 Å². The van der Waals surface area contributed by atoms with Crippen LogP contribution < -0.4 is 0 Å². The average molecular weight is 242 g/mol. The Morgan fingerprint density at radius 1 is 1.54 bits per heavy atom. The van der Waals surface area contributed by atoms with Gasteiger partial charge in [-0.2, -0.15) is 5.10 Å². The van der Waals surface area contributed by atoms with E-state index in [1.807, 2.05) is 0 Å². The van der Waals surface area contributed by atoms with Gasteiger partial charge in [0.25, 0.3) is 0 Å². The number of nitrogens with zero attached hydrogens (tertiary/aromatic N) is 2. The van der Waals surface area contributed by atoms with E-state index < -0.39 is 6.98 Å². The third-order valence-corrected chi connectivity index (χ3v) is 2.31. The maximum atomic E-state index is 7.86. The number of rotatable bonds is 1. The summed E-state index contributed by atoms with van der Waals surface area (Å²) < 4.78 is 38.6. The molecule has 0 radical (unpaired) electrons. The topological polar surface area (TPSA) is 17.8 Å². The molecule has 0 saturated heterocycles. The normalized spacial score (nSPS) is 16.8. The largest absolute Gasteiger partial charge is 0.275 e. The van der Waals surface area contributed by atoms with Gasteiger partial charge >= 0.3 is 0 Å². The molecular weight excluding hydrogens is 228 g/mol. The molecule has 1 heterocycles. The van der Waals surface area contributed by atoms with Crippen molar-refractivity contribution in [1.82, 2.24) is 9.78 Å². The molecule has 1 aromatic heterocycles. The molecule has 3 heteroatoms. The highest BCUT2D eigenvalue weighted by Crippen LogP contribution is 2.26. The van der Waals surface area contributed by atoms with Crippen molar-refractivity contribution in [2.45, 2.75) is 0 Å². The molecule has 0 bridgehead atoms. The molecule has 1 aromatic carbocycles. The molecule has 0 aliphatic rings. The Kier molecular flexibility index (Phi) is 1.14. The SMILES string of the molecule is [2H]c1nn(C([2H])([2H])[2H])c([2H])c1-c1ccccc1Br. The van der Waals surface area contributed by atoms with Crippen LogP contribution in [0.4, 0.5) is 0 Å². The standard InChI is InChI=1S/C10H9BrN2/c1-13-7-8(6-12-13)9-4-2-3-5-10(9)11/h2-7H,1H3/i1D3,6D,7D. The van der Waals surface area contributed by atoms with E-state index in [0.717, 1.165) is 0 Å². The van der Waals surface area contributed by atoms with Crippen LogP contribution in [0.25, 0.3) is 11.1 Å². The molecule has 0 N–H and O–H groups in total. The fourth-order valence-corrected chi connectivity index (χ4v) is 1.52. The Morgan fingerprint density at radius 3 is 3.08 bits per heavy atom. The maximum Gasteiger partial charge on any atom is 0.0866 e. The second kappa shape index (κ2) is 3.34. The summed E-state index contributed by atoms with van der Waals surface area (Å²) in [6, 6.07) is 7.03. The van der Waals surface area contributed by atoms with E-state index >= 15 is 0 Å². The summed E-state index contributed by atoms with van der Waals surface area (Å²) in [6.45, 7) is -2.55. The Hall–Kier alpha value is -1.09. The van der Waals surface area contributed by atoms with Crippen molar-refractivity contribution in [3.05, 3.63) is 41.1 Å². The van der Waals surface area contributed by atoms with Gasteiger partial charge in [0.05, 0.1) is 8.91 Å². The van der Waals surface area contributed by atoms with Crippen molar-refractivity contribution in [1.29, 1.82) is 0 Å². The monoisotopic (exact) mass is 241 g/mol. The summed E-state index contributed by atoms with van der Waals surface area (Å²) in [4.78, 5) is 0. The highest BCUT2D eigenvalue weighted by Gasteiger charge is 2.02. The lowest BCUT2D eigenvalue weighted by atomic mass is 10.1. The molecule has 2 nitrogen and oxygen atoms in total. The van der Waals surface area contributed by atoms with Gasteiger partial charge in [0.1, 0.15) is 0 Å². The van der Waals surface area contributed by atoms with Crippen LogP contribution in [-0.4, -0.2) is 9.78 Å². The van der Waals surface area contributed by atoms with Crippen LogP contribution in [0.2, 0.25) is 0 Å². The number of hydrogen-bond acceptors (Lipinski definition) is 1. The zero-order valence-electron chi connectivity index (χ0n) is 11.6. The van der Waals surface area contributed by atoms with E-state index in [9.17, 15) is 0 Å². The van der Waals surface area contributed by atoms with Gasteiger partial charge in [-0.1, -0.05) is 34.1 Å². The summed E-state index contributed by atoms with van der Waals surface area (Å²) in [7, 11) is 0. The highest BCUT2D eigenvalue weighted by molar-refractivity contribution is 9.10. The summed E-state index contributed by atoms with van der Waals surface area (Å²) in [5.74, 6) is 0. The zero-order chi connectivity index (χ0) is 13.5. The Morgan fingerprint density at radius 2 is 2.38 bits per heavy atom. The van der Waals surface area contributed by atoms with Crippen LogP contribution in [0.15, 0.2) is 41.1 Å². The van der Waals surface area contributed by atoms with E-state index in [0.29, 0.717) is 14.7 Å². The Balaban J connectivity index is 2.67. The third kappa shape index (κ3) is 1.65. The minimum Gasteiger partial charge on any atom is -0.275 e. The van der Waals surface area contributed by atoms with Crippen LogP contribution in [0, 0.1) is 0 Å². The van der Waals surface area contributed by atoms with Gasteiger partial charge in [0.15, 0.2) is 0 Å². The first-order valence-corrected chi connectivity index (χ1v) is 4.43. The average Bonchev–Trinajstić information content (AvgIpc) is 2.55. The minimum absolute atomic E-state index is 0.207. The Bertz CT molecular complexity index is 590. The molecule has 66 valence electrons. The number of benzene rings is 1. The smallest absolute Gasteiger partial charge is 0.0866 e. The number of aryl methyl sites for hydroxylation is 1. The molecule has 0 fully saturated rings. The van der Waals surface area contributed by atoms with Crippen LogP contribution >= 0.6 is 15.9 Å². The second-order valence-electron chi connectivity index (χ2n) is 2.49. The summed E-state index contributed by atoms with van der Waals surface area (Å²) in [6.07, 6.45) is -0.505. The summed E-state index contributed by atoms with van der Waals surface area (Å²) in [5, 5.41) is 3.61. The van der Waals surface area contributed by atoms with E-state index in [2.05, 4.69) is 21.0 Å². The van der Waals surface area contributed by atoms with Crippen molar-refractivity contribution in [3.63, 3.8) is 0 Å². The highest BCUT2D eigenvalue weighted by atomic mass is 79.9. The molecule has 2 aromatic rings. The number of halogens is 1. The molecule has 0 unspecified atom stereocenters. The predicted octanol–water partition coefficient (Wildman–Crippen LogP) is 2.85. The van der Waals surface area contributed by atoms with Crippen LogP contribution in [0.5, 0.6) is 0 Å². The van der Waals surface area contributed by atoms with Crippen LogP contribution in [-0.2, 0) is 6.98 Å². The van der Waals surface area contributed by atoms with Gasteiger partial charge in [0.2, 0.25) is 0 Å². The van der Waals surface area contributed by atoms with Crippen LogP contribution in [0.3, 0.4) is 0 Å². The van der Waals surface area contributed by atoms with E-state index in [1.165, 1.54) is 0 Å². The van der Waals surface area contributed by atoms with Crippen molar-refractivity contribution in [2.75, 3.05) is 0 Å².